The molecule has 2 rings (SSSR count). The maximum Gasteiger partial charge on any atom is 0.239 e. The number of rotatable bonds is 2. The van der Waals surface area contributed by atoms with E-state index in [0.717, 1.165) is 32.6 Å². The van der Waals surface area contributed by atoms with E-state index in [2.05, 4.69) is 11.9 Å². The highest BCUT2D eigenvalue weighted by molar-refractivity contribution is 5.82. The second kappa shape index (κ2) is 5.17. The Morgan fingerprint density at radius 3 is 2.28 bits per heavy atom. The Morgan fingerprint density at radius 1 is 1.17 bits per heavy atom. The molecule has 2 heterocycles. The van der Waals surface area contributed by atoms with E-state index in [1.165, 1.54) is 12.8 Å². The summed E-state index contributed by atoms with van der Waals surface area (Å²) in [5.74, 6) is 0.382. The van der Waals surface area contributed by atoms with Crippen LogP contribution in [0.15, 0.2) is 0 Å². The van der Waals surface area contributed by atoms with Crippen molar-refractivity contribution in [1.82, 2.24) is 9.80 Å². The van der Waals surface area contributed by atoms with Crippen LogP contribution in [-0.2, 0) is 4.79 Å². The average molecular weight is 253 g/mol. The predicted molar refractivity (Wildman–Crippen MR) is 73.2 cm³/mol. The van der Waals surface area contributed by atoms with Gasteiger partial charge in [-0.1, -0.05) is 13.8 Å². The minimum atomic E-state index is -0.327. The van der Waals surface area contributed by atoms with Gasteiger partial charge in [-0.2, -0.15) is 0 Å². The van der Waals surface area contributed by atoms with E-state index in [4.69, 9.17) is 5.73 Å². The first kappa shape index (κ1) is 13.8. The van der Waals surface area contributed by atoms with Crippen LogP contribution in [0.1, 0.15) is 33.1 Å². The first-order valence-corrected chi connectivity index (χ1v) is 7.16. The minimum Gasteiger partial charge on any atom is -0.341 e. The van der Waals surface area contributed by atoms with Crippen molar-refractivity contribution in [2.45, 2.75) is 39.2 Å². The molecule has 2 saturated heterocycles. The Hall–Kier alpha value is -0.610. The Bertz CT molecular complexity index is 308. The topological polar surface area (TPSA) is 49.6 Å². The third-order valence-corrected chi connectivity index (χ3v) is 4.80. The lowest BCUT2D eigenvalue weighted by atomic mass is 9.78. The lowest BCUT2D eigenvalue weighted by Crippen LogP contribution is -2.47. The molecule has 0 saturated carbocycles. The Morgan fingerprint density at radius 2 is 1.72 bits per heavy atom. The van der Waals surface area contributed by atoms with Crippen LogP contribution in [0.3, 0.4) is 0 Å². The van der Waals surface area contributed by atoms with Crippen molar-refractivity contribution in [1.29, 1.82) is 0 Å². The smallest absolute Gasteiger partial charge is 0.239 e. The van der Waals surface area contributed by atoms with Crippen molar-refractivity contribution in [2.75, 3.05) is 33.2 Å². The van der Waals surface area contributed by atoms with Crippen LogP contribution in [0.4, 0.5) is 0 Å². The number of amides is 1. The normalized spacial score (nSPS) is 25.9. The third-order valence-electron chi connectivity index (χ3n) is 4.80. The summed E-state index contributed by atoms with van der Waals surface area (Å²) in [7, 11) is 2.18. The van der Waals surface area contributed by atoms with E-state index in [-0.39, 0.29) is 17.9 Å². The van der Waals surface area contributed by atoms with Gasteiger partial charge in [0, 0.05) is 13.1 Å². The summed E-state index contributed by atoms with van der Waals surface area (Å²) in [5.41, 5.74) is 6.37. The molecule has 0 aromatic heterocycles. The summed E-state index contributed by atoms with van der Waals surface area (Å²) in [4.78, 5) is 16.7. The molecule has 0 radical (unpaired) electrons. The summed E-state index contributed by atoms with van der Waals surface area (Å²) >= 11 is 0. The molecule has 1 atom stereocenters. The van der Waals surface area contributed by atoms with E-state index in [9.17, 15) is 4.79 Å². The van der Waals surface area contributed by atoms with Gasteiger partial charge in [0.25, 0.3) is 0 Å². The molecule has 18 heavy (non-hydrogen) atoms. The van der Waals surface area contributed by atoms with Gasteiger partial charge >= 0.3 is 0 Å². The molecule has 2 fully saturated rings. The molecule has 0 aromatic carbocycles. The van der Waals surface area contributed by atoms with Crippen LogP contribution < -0.4 is 5.73 Å². The molecular weight excluding hydrogens is 226 g/mol. The van der Waals surface area contributed by atoms with Crippen molar-refractivity contribution < 1.29 is 4.79 Å². The monoisotopic (exact) mass is 253 g/mol. The average Bonchev–Trinajstić information content (AvgIpc) is 2.76. The van der Waals surface area contributed by atoms with E-state index < -0.39 is 0 Å². The van der Waals surface area contributed by atoms with Gasteiger partial charge < -0.3 is 15.5 Å². The van der Waals surface area contributed by atoms with E-state index >= 15 is 0 Å². The van der Waals surface area contributed by atoms with Gasteiger partial charge in [-0.3, -0.25) is 4.79 Å². The molecule has 2 aliphatic rings. The van der Waals surface area contributed by atoms with Gasteiger partial charge in [0.1, 0.15) is 0 Å². The fourth-order valence-corrected chi connectivity index (χ4v) is 3.12. The summed E-state index contributed by atoms with van der Waals surface area (Å²) in [5, 5.41) is 0. The van der Waals surface area contributed by atoms with Gasteiger partial charge in [-0.15, -0.1) is 0 Å². The van der Waals surface area contributed by atoms with Gasteiger partial charge in [0.05, 0.1) is 6.04 Å². The predicted octanol–water partition coefficient (Wildman–Crippen LogP) is 0.914. The lowest BCUT2D eigenvalue weighted by Gasteiger charge is -2.37. The zero-order chi connectivity index (χ0) is 13.3. The number of nitrogens with two attached hydrogens (primary N) is 1. The lowest BCUT2D eigenvalue weighted by molar-refractivity contribution is -0.133. The van der Waals surface area contributed by atoms with Crippen LogP contribution >= 0.6 is 0 Å². The van der Waals surface area contributed by atoms with Crippen molar-refractivity contribution in [3.05, 3.63) is 0 Å². The fraction of sp³-hybridized carbons (Fsp3) is 0.929. The summed E-state index contributed by atoms with van der Waals surface area (Å²) in [6.07, 6.45) is 3.62. The molecule has 1 spiro atoms. The molecule has 0 aromatic rings. The largest absolute Gasteiger partial charge is 0.341 e. The van der Waals surface area contributed by atoms with Crippen LogP contribution in [0, 0.1) is 11.3 Å². The molecule has 1 amide bonds. The van der Waals surface area contributed by atoms with Gasteiger partial charge in [0.2, 0.25) is 5.91 Å². The minimum absolute atomic E-state index is 0.154. The Kier molecular flexibility index (Phi) is 3.97. The SMILES string of the molecule is CC(C)C(N)C(=O)N1CCC2(CCN(C)CC2)C1. The van der Waals surface area contributed by atoms with Crippen molar-refractivity contribution >= 4 is 5.91 Å². The molecule has 0 bridgehead atoms. The van der Waals surface area contributed by atoms with E-state index in [0.29, 0.717) is 5.41 Å². The molecule has 2 N–H and O–H groups in total. The van der Waals surface area contributed by atoms with Crippen LogP contribution in [0.5, 0.6) is 0 Å². The van der Waals surface area contributed by atoms with E-state index in [1.54, 1.807) is 0 Å². The van der Waals surface area contributed by atoms with Gasteiger partial charge in [0.15, 0.2) is 0 Å². The third kappa shape index (κ3) is 2.69. The number of hydrogen-bond donors (Lipinski definition) is 1. The fourth-order valence-electron chi connectivity index (χ4n) is 3.12. The molecule has 4 heteroatoms. The first-order valence-electron chi connectivity index (χ1n) is 7.16. The first-order chi connectivity index (χ1) is 8.43. The molecule has 2 aliphatic heterocycles. The van der Waals surface area contributed by atoms with Crippen molar-refractivity contribution in [3.8, 4) is 0 Å². The second-order valence-corrected chi connectivity index (χ2v) is 6.58. The Labute approximate surface area is 110 Å². The standard InChI is InChI=1S/C14H27N3O/c1-11(2)12(15)13(18)17-9-6-14(10-17)4-7-16(3)8-5-14/h11-12H,4-10,15H2,1-3H3. The second-order valence-electron chi connectivity index (χ2n) is 6.58. The summed E-state index contributed by atoms with van der Waals surface area (Å²) < 4.78 is 0. The quantitative estimate of drug-likeness (QED) is 0.796. The number of carbonyl (C=O) groups excluding carboxylic acids is 1. The zero-order valence-electron chi connectivity index (χ0n) is 12.0. The molecule has 1 unspecified atom stereocenters. The highest BCUT2D eigenvalue weighted by Gasteiger charge is 2.42. The molecule has 0 aliphatic carbocycles. The molecular formula is C14H27N3O. The summed E-state index contributed by atoms with van der Waals surface area (Å²) in [6, 6.07) is -0.327. The molecule has 4 nitrogen and oxygen atoms in total. The van der Waals surface area contributed by atoms with Crippen LogP contribution in [0.25, 0.3) is 0 Å². The maximum atomic E-state index is 12.3. The summed E-state index contributed by atoms with van der Waals surface area (Å²) in [6.45, 7) is 8.20. The highest BCUT2D eigenvalue weighted by Crippen LogP contribution is 2.40. The number of carbonyl (C=O) groups is 1. The van der Waals surface area contributed by atoms with Crippen LogP contribution in [0.2, 0.25) is 0 Å². The Balaban J connectivity index is 1.94. The van der Waals surface area contributed by atoms with Gasteiger partial charge in [-0.25, -0.2) is 0 Å². The number of nitrogens with zero attached hydrogens (tertiary/aromatic N) is 2. The highest BCUT2D eigenvalue weighted by atomic mass is 16.2. The maximum absolute atomic E-state index is 12.3. The van der Waals surface area contributed by atoms with Gasteiger partial charge in [-0.05, 0) is 50.7 Å². The van der Waals surface area contributed by atoms with Crippen LogP contribution in [-0.4, -0.2) is 55.0 Å². The van der Waals surface area contributed by atoms with Crippen molar-refractivity contribution in [2.24, 2.45) is 17.1 Å². The number of piperidine rings is 1. The van der Waals surface area contributed by atoms with E-state index in [1.807, 2.05) is 18.7 Å². The molecule has 104 valence electrons. The van der Waals surface area contributed by atoms with Crippen molar-refractivity contribution in [3.63, 3.8) is 0 Å². The number of hydrogen-bond acceptors (Lipinski definition) is 3. The number of likely N-dealkylation sites (tertiary alicyclic amines) is 2. The zero-order valence-corrected chi connectivity index (χ0v) is 12.0.